The zero-order chi connectivity index (χ0) is 16.9. The van der Waals surface area contributed by atoms with Gasteiger partial charge in [0, 0.05) is 12.0 Å². The molecule has 0 fully saturated rings. The predicted molar refractivity (Wildman–Crippen MR) is 85.7 cm³/mol. The lowest BCUT2D eigenvalue weighted by atomic mass is 10.0. The molecule has 1 aromatic carbocycles. The Kier molecular flexibility index (Phi) is 5.92. The molecule has 1 unspecified atom stereocenters. The number of hydrogen-bond donors (Lipinski definition) is 0. The Balaban J connectivity index is 2.61. The average molecular weight is 304 g/mol. The Hall–Kier alpha value is -2.10. The van der Waals surface area contributed by atoms with Gasteiger partial charge in [-0.25, -0.2) is 9.59 Å². The van der Waals surface area contributed by atoms with Crippen LogP contribution in [-0.2, 0) is 14.3 Å². The van der Waals surface area contributed by atoms with Crippen LogP contribution in [0, 0.1) is 6.92 Å². The van der Waals surface area contributed by atoms with Gasteiger partial charge >= 0.3 is 11.9 Å². The molecule has 1 rings (SSSR count). The van der Waals surface area contributed by atoms with E-state index in [4.69, 9.17) is 9.47 Å². The van der Waals surface area contributed by atoms with Gasteiger partial charge in [0.1, 0.15) is 11.7 Å². The number of carbonyl (C=O) groups is 2. The van der Waals surface area contributed by atoms with Crippen molar-refractivity contribution in [2.24, 2.45) is 0 Å². The van der Waals surface area contributed by atoms with Crippen LogP contribution in [0.2, 0.25) is 0 Å². The topological polar surface area (TPSA) is 52.6 Å². The first kappa shape index (κ1) is 18.0. The molecular weight excluding hydrogens is 280 g/mol. The van der Waals surface area contributed by atoms with Crippen LogP contribution in [0.25, 0.3) is 0 Å². The smallest absolute Gasteiger partial charge is 0.338 e. The normalized spacial score (nSPS) is 12.4. The van der Waals surface area contributed by atoms with E-state index < -0.39 is 11.6 Å². The molecule has 0 aromatic heterocycles. The van der Waals surface area contributed by atoms with E-state index in [2.05, 4.69) is 6.58 Å². The zero-order valence-electron chi connectivity index (χ0n) is 13.9. The van der Waals surface area contributed by atoms with Crippen LogP contribution in [0.15, 0.2) is 36.4 Å². The van der Waals surface area contributed by atoms with E-state index in [1.165, 1.54) is 0 Å². The van der Waals surface area contributed by atoms with Crippen molar-refractivity contribution >= 4 is 11.9 Å². The molecule has 22 heavy (non-hydrogen) atoms. The largest absolute Gasteiger partial charge is 0.459 e. The molecule has 0 heterocycles. The van der Waals surface area contributed by atoms with Gasteiger partial charge in [0.2, 0.25) is 0 Å². The summed E-state index contributed by atoms with van der Waals surface area (Å²) in [7, 11) is 0. The molecule has 0 aliphatic rings. The molecule has 1 atom stereocenters. The quantitative estimate of drug-likeness (QED) is 0.592. The molecule has 0 aliphatic carbocycles. The average Bonchev–Trinajstić information content (AvgIpc) is 2.36. The molecule has 0 amide bonds. The fraction of sp³-hybridized carbons (Fsp3) is 0.444. The maximum atomic E-state index is 12.1. The van der Waals surface area contributed by atoms with Crippen LogP contribution >= 0.6 is 0 Å². The Morgan fingerprint density at radius 1 is 1.32 bits per heavy atom. The highest BCUT2D eigenvalue weighted by atomic mass is 16.6. The fourth-order valence-electron chi connectivity index (χ4n) is 2.14. The molecule has 0 saturated heterocycles. The van der Waals surface area contributed by atoms with Crippen LogP contribution in [0.1, 0.15) is 50.0 Å². The number of benzene rings is 1. The van der Waals surface area contributed by atoms with E-state index >= 15 is 0 Å². The Bertz CT molecular complexity index is 572. The second kappa shape index (κ2) is 7.25. The first-order valence-corrected chi connectivity index (χ1v) is 7.27. The molecule has 120 valence electrons. The molecule has 0 saturated carbocycles. The second-order valence-electron chi connectivity index (χ2n) is 6.22. The summed E-state index contributed by atoms with van der Waals surface area (Å²) in [5.74, 6) is -0.819. The van der Waals surface area contributed by atoms with Crippen molar-refractivity contribution in [3.05, 3.63) is 47.5 Å². The van der Waals surface area contributed by atoms with Gasteiger partial charge in [0.15, 0.2) is 0 Å². The third kappa shape index (κ3) is 5.72. The van der Waals surface area contributed by atoms with Gasteiger partial charge in [-0.2, -0.15) is 0 Å². The maximum Gasteiger partial charge on any atom is 0.338 e. The minimum absolute atomic E-state index is 0.345. The lowest BCUT2D eigenvalue weighted by Crippen LogP contribution is -2.33. The van der Waals surface area contributed by atoms with Crippen molar-refractivity contribution in [3.8, 4) is 0 Å². The van der Waals surface area contributed by atoms with Gasteiger partial charge < -0.3 is 9.47 Å². The summed E-state index contributed by atoms with van der Waals surface area (Å²) in [6.45, 7) is 12.4. The fourth-order valence-corrected chi connectivity index (χ4v) is 2.14. The van der Waals surface area contributed by atoms with Crippen molar-refractivity contribution in [3.63, 3.8) is 0 Å². The molecule has 0 radical (unpaired) electrons. The van der Waals surface area contributed by atoms with Gasteiger partial charge in [0.25, 0.3) is 0 Å². The standard InChI is InChI=1S/C18H24O4/c1-12(2)16(19)22-18(5,6)11-14(4)21-17(20)15-9-7-8-13(3)10-15/h7-10,14H,1,11H2,2-6H3. The molecule has 0 bridgehead atoms. The SMILES string of the molecule is C=C(C)C(=O)OC(C)(C)CC(C)OC(=O)c1cccc(C)c1. The van der Waals surface area contributed by atoms with Crippen molar-refractivity contribution in [2.45, 2.75) is 52.7 Å². The van der Waals surface area contributed by atoms with Crippen molar-refractivity contribution in [1.29, 1.82) is 0 Å². The molecule has 0 aliphatic heterocycles. The van der Waals surface area contributed by atoms with Gasteiger partial charge in [-0.1, -0.05) is 24.3 Å². The summed E-state index contributed by atoms with van der Waals surface area (Å²) in [5.41, 5.74) is 1.13. The summed E-state index contributed by atoms with van der Waals surface area (Å²) >= 11 is 0. The number of hydrogen-bond acceptors (Lipinski definition) is 4. The number of rotatable bonds is 6. The van der Waals surface area contributed by atoms with Crippen molar-refractivity contribution < 1.29 is 19.1 Å². The van der Waals surface area contributed by atoms with Crippen LogP contribution in [-0.4, -0.2) is 23.6 Å². The van der Waals surface area contributed by atoms with Crippen LogP contribution in [0.5, 0.6) is 0 Å². The van der Waals surface area contributed by atoms with Gasteiger partial charge in [0.05, 0.1) is 5.56 Å². The van der Waals surface area contributed by atoms with Crippen molar-refractivity contribution in [2.75, 3.05) is 0 Å². The highest BCUT2D eigenvalue weighted by Crippen LogP contribution is 2.21. The van der Waals surface area contributed by atoms with E-state index in [9.17, 15) is 9.59 Å². The second-order valence-corrected chi connectivity index (χ2v) is 6.22. The highest BCUT2D eigenvalue weighted by molar-refractivity contribution is 5.89. The van der Waals surface area contributed by atoms with E-state index in [0.717, 1.165) is 5.56 Å². The maximum absolute atomic E-state index is 12.1. The predicted octanol–water partition coefficient (Wildman–Crippen LogP) is 3.83. The van der Waals surface area contributed by atoms with Gasteiger partial charge in [-0.3, -0.25) is 0 Å². The van der Waals surface area contributed by atoms with Crippen LogP contribution < -0.4 is 0 Å². The molecule has 4 nitrogen and oxygen atoms in total. The zero-order valence-corrected chi connectivity index (χ0v) is 13.9. The van der Waals surface area contributed by atoms with Gasteiger partial charge in [-0.05, 0) is 46.8 Å². The van der Waals surface area contributed by atoms with Crippen molar-refractivity contribution in [1.82, 2.24) is 0 Å². The summed E-state index contributed by atoms with van der Waals surface area (Å²) < 4.78 is 10.8. The molecule has 1 aromatic rings. The first-order chi connectivity index (χ1) is 10.1. The summed E-state index contributed by atoms with van der Waals surface area (Å²) in [5, 5.41) is 0. The monoisotopic (exact) mass is 304 g/mol. The van der Waals surface area contributed by atoms with E-state index in [1.807, 2.05) is 19.1 Å². The highest BCUT2D eigenvalue weighted by Gasteiger charge is 2.27. The number of esters is 2. The number of aryl methyl sites for hydroxylation is 1. The molecule has 0 N–H and O–H groups in total. The summed E-state index contributed by atoms with van der Waals surface area (Å²) in [6, 6.07) is 7.23. The lowest BCUT2D eigenvalue weighted by Gasteiger charge is -2.28. The van der Waals surface area contributed by atoms with E-state index in [0.29, 0.717) is 17.6 Å². The minimum Gasteiger partial charge on any atom is -0.459 e. The lowest BCUT2D eigenvalue weighted by molar-refractivity contribution is -0.153. The molecular formula is C18H24O4. The first-order valence-electron chi connectivity index (χ1n) is 7.27. The summed E-state index contributed by atoms with van der Waals surface area (Å²) in [4.78, 5) is 23.7. The van der Waals surface area contributed by atoms with Crippen LogP contribution in [0.4, 0.5) is 0 Å². The minimum atomic E-state index is -0.734. The van der Waals surface area contributed by atoms with Gasteiger partial charge in [-0.15, -0.1) is 0 Å². The van der Waals surface area contributed by atoms with E-state index in [1.54, 1.807) is 39.8 Å². The molecule has 4 heteroatoms. The number of carbonyl (C=O) groups excluding carboxylic acids is 2. The molecule has 0 spiro atoms. The van der Waals surface area contributed by atoms with Crippen LogP contribution in [0.3, 0.4) is 0 Å². The third-order valence-electron chi connectivity index (χ3n) is 3.06. The summed E-state index contributed by atoms with van der Waals surface area (Å²) in [6.07, 6.45) is 0.0322. The third-order valence-corrected chi connectivity index (χ3v) is 3.06. The Labute approximate surface area is 132 Å². The number of ether oxygens (including phenoxy) is 2. The van der Waals surface area contributed by atoms with E-state index in [-0.39, 0.29) is 12.1 Å². The Morgan fingerprint density at radius 2 is 1.95 bits per heavy atom. The Morgan fingerprint density at radius 3 is 2.50 bits per heavy atom.